The number of hydrogen-bond acceptors (Lipinski definition) is 5. The number of hydrogen-bond donors (Lipinski definition) is 3. The Bertz CT molecular complexity index is 815. The first-order valence-corrected chi connectivity index (χ1v) is 11.6. The maximum atomic E-state index is 13.2. The minimum atomic E-state index is -0.723. The Morgan fingerprint density at radius 2 is 1.93 bits per heavy atom. The van der Waals surface area contributed by atoms with E-state index in [9.17, 15) is 19.5 Å². The quantitative estimate of drug-likeness (QED) is 0.582. The zero-order chi connectivity index (χ0) is 22.0. The summed E-state index contributed by atoms with van der Waals surface area (Å²) in [7, 11) is 0. The van der Waals surface area contributed by atoms with Crippen LogP contribution in [0.1, 0.15) is 55.4 Å². The lowest BCUT2D eigenvalue weighted by atomic mass is 9.96. The summed E-state index contributed by atoms with van der Waals surface area (Å²) < 4.78 is 0. The fourth-order valence-corrected chi connectivity index (χ4v) is 5.35. The monoisotopic (exact) mass is 433 g/mol. The van der Waals surface area contributed by atoms with Gasteiger partial charge in [-0.05, 0) is 23.5 Å². The van der Waals surface area contributed by atoms with Gasteiger partial charge in [-0.25, -0.2) is 0 Å². The Hall–Kier alpha value is -2.06. The van der Waals surface area contributed by atoms with Gasteiger partial charge in [0.15, 0.2) is 0 Å². The number of fused-ring (bicyclic) bond motifs is 3. The lowest BCUT2D eigenvalue weighted by molar-refractivity contribution is -0.132. The molecule has 0 bridgehead atoms. The van der Waals surface area contributed by atoms with Gasteiger partial charge in [0.2, 0.25) is 11.8 Å². The van der Waals surface area contributed by atoms with Gasteiger partial charge in [-0.3, -0.25) is 14.4 Å². The van der Waals surface area contributed by atoms with Crippen LogP contribution in [-0.2, 0) is 9.59 Å². The number of benzene rings is 1. The van der Waals surface area contributed by atoms with Gasteiger partial charge < -0.3 is 20.6 Å². The highest BCUT2D eigenvalue weighted by molar-refractivity contribution is 7.99. The SMILES string of the molecule is CCC(C)[C@H](NC(=O)[C@@H]1CSC2c3ccccc3C(=O)N21)C(=O)N[C@H](CO)C(C)C. The second-order valence-electron chi connectivity index (χ2n) is 8.41. The van der Waals surface area contributed by atoms with Crippen LogP contribution in [0.4, 0.5) is 0 Å². The second kappa shape index (κ2) is 9.39. The molecule has 164 valence electrons. The molecule has 2 heterocycles. The number of rotatable bonds is 8. The molecular weight excluding hydrogens is 402 g/mol. The van der Waals surface area contributed by atoms with Gasteiger partial charge in [-0.15, -0.1) is 11.8 Å². The molecule has 0 saturated carbocycles. The average molecular weight is 434 g/mol. The summed E-state index contributed by atoms with van der Waals surface area (Å²) in [6, 6.07) is 5.75. The molecule has 5 atom stereocenters. The van der Waals surface area contributed by atoms with Crippen molar-refractivity contribution in [1.82, 2.24) is 15.5 Å². The van der Waals surface area contributed by atoms with E-state index in [-0.39, 0.29) is 47.6 Å². The van der Waals surface area contributed by atoms with E-state index in [2.05, 4.69) is 10.6 Å². The lowest BCUT2D eigenvalue weighted by Crippen LogP contribution is -2.57. The van der Waals surface area contributed by atoms with Crippen LogP contribution in [0.15, 0.2) is 24.3 Å². The summed E-state index contributed by atoms with van der Waals surface area (Å²) in [6.07, 6.45) is 0.708. The molecule has 2 aliphatic heterocycles. The van der Waals surface area contributed by atoms with Crippen molar-refractivity contribution >= 4 is 29.5 Å². The summed E-state index contributed by atoms with van der Waals surface area (Å²) in [5.41, 5.74) is 1.59. The first-order chi connectivity index (χ1) is 14.3. The van der Waals surface area contributed by atoms with Crippen molar-refractivity contribution in [2.75, 3.05) is 12.4 Å². The molecule has 0 aliphatic carbocycles. The molecule has 1 saturated heterocycles. The first kappa shape index (κ1) is 22.6. The minimum Gasteiger partial charge on any atom is -0.394 e. The molecule has 3 rings (SSSR count). The van der Waals surface area contributed by atoms with Crippen molar-refractivity contribution in [2.45, 2.75) is 57.6 Å². The van der Waals surface area contributed by atoms with Crippen molar-refractivity contribution < 1.29 is 19.5 Å². The molecule has 1 aromatic carbocycles. The number of aliphatic hydroxyl groups is 1. The fraction of sp³-hybridized carbons (Fsp3) is 0.591. The molecule has 2 aliphatic rings. The number of thioether (sulfide) groups is 1. The van der Waals surface area contributed by atoms with Crippen molar-refractivity contribution in [3.8, 4) is 0 Å². The van der Waals surface area contributed by atoms with E-state index in [1.54, 1.807) is 22.7 Å². The standard InChI is InChI=1S/C22H31N3O4S/c1-5-13(4)18(20(28)23-16(10-26)12(2)3)24-19(27)17-11-30-22-15-9-7-6-8-14(15)21(29)25(17)22/h6-9,12-13,16-18,22,26H,5,10-11H2,1-4H3,(H,23,28)(H,24,27)/t13?,16-,17+,18+,22?/m1/s1. The predicted octanol–water partition coefficient (Wildman–Crippen LogP) is 1.92. The van der Waals surface area contributed by atoms with E-state index in [1.165, 1.54) is 0 Å². The minimum absolute atomic E-state index is 0.0694. The Kier molecular flexibility index (Phi) is 7.08. The zero-order valence-electron chi connectivity index (χ0n) is 17.9. The van der Waals surface area contributed by atoms with Crippen molar-refractivity contribution in [3.63, 3.8) is 0 Å². The number of carbonyl (C=O) groups is 3. The van der Waals surface area contributed by atoms with Crippen molar-refractivity contribution in [1.29, 1.82) is 0 Å². The van der Waals surface area contributed by atoms with Crippen LogP contribution in [0.3, 0.4) is 0 Å². The molecule has 0 spiro atoms. The normalized spacial score (nSPS) is 23.0. The van der Waals surface area contributed by atoms with Gasteiger partial charge in [0.25, 0.3) is 5.91 Å². The second-order valence-corrected chi connectivity index (χ2v) is 9.53. The Labute approximate surface area is 182 Å². The third kappa shape index (κ3) is 4.21. The molecule has 2 unspecified atom stereocenters. The van der Waals surface area contributed by atoms with Crippen molar-refractivity contribution in [3.05, 3.63) is 35.4 Å². The Morgan fingerprint density at radius 3 is 2.57 bits per heavy atom. The van der Waals surface area contributed by atoms with Crippen LogP contribution >= 0.6 is 11.8 Å². The van der Waals surface area contributed by atoms with Crippen LogP contribution < -0.4 is 10.6 Å². The van der Waals surface area contributed by atoms with Gasteiger partial charge in [-0.1, -0.05) is 52.3 Å². The third-order valence-electron chi connectivity index (χ3n) is 6.12. The van der Waals surface area contributed by atoms with Gasteiger partial charge in [0.1, 0.15) is 17.5 Å². The molecule has 3 N–H and O–H groups in total. The highest BCUT2D eigenvalue weighted by atomic mass is 32.2. The average Bonchev–Trinajstić information content (AvgIpc) is 3.29. The Balaban J connectivity index is 1.74. The van der Waals surface area contributed by atoms with E-state index in [4.69, 9.17) is 0 Å². The van der Waals surface area contributed by atoms with E-state index < -0.39 is 12.1 Å². The van der Waals surface area contributed by atoms with Crippen LogP contribution in [-0.4, -0.2) is 58.2 Å². The van der Waals surface area contributed by atoms with Crippen LogP contribution in [0, 0.1) is 11.8 Å². The Morgan fingerprint density at radius 1 is 1.23 bits per heavy atom. The van der Waals surface area contributed by atoms with E-state index >= 15 is 0 Å². The highest BCUT2D eigenvalue weighted by Gasteiger charge is 2.48. The molecule has 0 aromatic heterocycles. The van der Waals surface area contributed by atoms with E-state index in [1.807, 2.05) is 45.9 Å². The first-order valence-electron chi connectivity index (χ1n) is 10.5. The molecule has 1 aromatic rings. The highest BCUT2D eigenvalue weighted by Crippen LogP contribution is 2.48. The van der Waals surface area contributed by atoms with Gasteiger partial charge in [0.05, 0.1) is 12.6 Å². The third-order valence-corrected chi connectivity index (χ3v) is 7.42. The zero-order valence-corrected chi connectivity index (χ0v) is 18.7. The molecule has 3 amide bonds. The number of amides is 3. The molecular formula is C22H31N3O4S. The van der Waals surface area contributed by atoms with E-state index in [0.717, 1.165) is 5.56 Å². The summed E-state index contributed by atoms with van der Waals surface area (Å²) in [6.45, 7) is 7.56. The van der Waals surface area contributed by atoms with Crippen molar-refractivity contribution in [2.24, 2.45) is 11.8 Å². The molecule has 1 fully saturated rings. The van der Waals surface area contributed by atoms with Crippen LogP contribution in [0.5, 0.6) is 0 Å². The van der Waals surface area contributed by atoms with Gasteiger partial charge in [0, 0.05) is 11.3 Å². The summed E-state index contributed by atoms with van der Waals surface area (Å²) in [5, 5.41) is 15.1. The topological polar surface area (TPSA) is 98.7 Å². The maximum Gasteiger partial charge on any atom is 0.256 e. The lowest BCUT2D eigenvalue weighted by Gasteiger charge is -2.30. The summed E-state index contributed by atoms with van der Waals surface area (Å²) >= 11 is 1.57. The van der Waals surface area contributed by atoms with Gasteiger partial charge >= 0.3 is 0 Å². The van der Waals surface area contributed by atoms with Gasteiger partial charge in [-0.2, -0.15) is 0 Å². The smallest absolute Gasteiger partial charge is 0.256 e. The number of nitrogens with zero attached hydrogens (tertiary/aromatic N) is 1. The molecule has 0 radical (unpaired) electrons. The maximum absolute atomic E-state index is 13.2. The van der Waals surface area contributed by atoms with Crippen LogP contribution in [0.2, 0.25) is 0 Å². The number of nitrogens with one attached hydrogen (secondary N) is 2. The molecule has 8 heteroatoms. The number of carbonyl (C=O) groups excluding carboxylic acids is 3. The predicted molar refractivity (Wildman–Crippen MR) is 117 cm³/mol. The molecule has 30 heavy (non-hydrogen) atoms. The molecule has 7 nitrogen and oxygen atoms in total. The fourth-order valence-electron chi connectivity index (χ4n) is 3.89. The van der Waals surface area contributed by atoms with Crippen LogP contribution in [0.25, 0.3) is 0 Å². The summed E-state index contributed by atoms with van der Waals surface area (Å²) in [4.78, 5) is 40.6. The summed E-state index contributed by atoms with van der Waals surface area (Å²) in [5.74, 6) is -0.265. The largest absolute Gasteiger partial charge is 0.394 e. The van der Waals surface area contributed by atoms with E-state index in [0.29, 0.717) is 17.7 Å². The number of aliphatic hydroxyl groups excluding tert-OH is 1.